The molecular weight excluding hydrogens is 560 g/mol. The van der Waals surface area contributed by atoms with E-state index in [9.17, 15) is 19.2 Å². The maximum atomic E-state index is 13.7. The summed E-state index contributed by atoms with van der Waals surface area (Å²) in [6.45, 7) is 19.2. The Morgan fingerprint density at radius 3 is 0.886 bits per heavy atom. The first kappa shape index (κ1) is 36.5. The van der Waals surface area contributed by atoms with E-state index in [1.165, 1.54) is 0 Å². The third kappa shape index (κ3) is 9.16. The largest absolute Gasteiger partial charge is 0.465 e. The monoisotopic (exact) mass is 610 g/mol. The molecule has 2 aromatic carbocycles. The van der Waals surface area contributed by atoms with E-state index < -0.39 is 47.5 Å². The highest BCUT2D eigenvalue weighted by molar-refractivity contribution is 5.99. The molecule has 2 rings (SSSR count). The maximum absolute atomic E-state index is 13.7. The van der Waals surface area contributed by atoms with Crippen LogP contribution in [0.5, 0.6) is 0 Å². The van der Waals surface area contributed by atoms with Crippen LogP contribution in [-0.2, 0) is 49.0 Å². The smallest absolute Gasteiger partial charge is 0.320 e. The van der Waals surface area contributed by atoms with Gasteiger partial charge in [0, 0.05) is 11.8 Å². The van der Waals surface area contributed by atoms with Crippen molar-refractivity contribution in [3.8, 4) is 0 Å². The van der Waals surface area contributed by atoms with Gasteiger partial charge in [0.1, 0.15) is 0 Å². The summed E-state index contributed by atoms with van der Waals surface area (Å²) in [6, 6.07) is 15.1. The molecule has 0 unspecified atom stereocenters. The summed E-state index contributed by atoms with van der Waals surface area (Å²) in [5.41, 5.74) is 2.84. The zero-order valence-corrected chi connectivity index (χ0v) is 28.0. The van der Waals surface area contributed by atoms with Gasteiger partial charge in [-0.1, -0.05) is 90.1 Å². The SMILES string of the molecule is CCOC(=O)C(C(=O)OCC)[C@H](c1ccc(C(C)(C)C)cc1)[C@@H](c1ccc(C(C)(C)C)cc1)C(C(=O)OCC)C(=O)OCC. The Hall–Kier alpha value is -3.68. The van der Waals surface area contributed by atoms with Crippen molar-refractivity contribution in [3.05, 3.63) is 70.8 Å². The van der Waals surface area contributed by atoms with Crippen LogP contribution in [0.2, 0.25) is 0 Å². The number of esters is 4. The van der Waals surface area contributed by atoms with Gasteiger partial charge in [-0.05, 0) is 60.8 Å². The van der Waals surface area contributed by atoms with Gasteiger partial charge >= 0.3 is 23.9 Å². The van der Waals surface area contributed by atoms with Crippen LogP contribution < -0.4 is 0 Å². The fourth-order valence-corrected chi connectivity index (χ4v) is 5.33. The Bertz CT molecular complexity index is 1110. The first-order valence-electron chi connectivity index (χ1n) is 15.5. The lowest BCUT2D eigenvalue weighted by Gasteiger charge is -2.36. The molecule has 2 atom stereocenters. The Morgan fingerprint density at radius 1 is 0.477 bits per heavy atom. The zero-order chi connectivity index (χ0) is 33.2. The van der Waals surface area contributed by atoms with Crippen LogP contribution in [0.15, 0.2) is 48.5 Å². The van der Waals surface area contributed by atoms with Crippen molar-refractivity contribution in [1.29, 1.82) is 0 Å². The summed E-state index contributed by atoms with van der Waals surface area (Å²) in [5, 5.41) is 0. The van der Waals surface area contributed by atoms with E-state index in [-0.39, 0.29) is 37.3 Å². The molecule has 8 nitrogen and oxygen atoms in total. The minimum atomic E-state index is -1.49. The third-order valence-electron chi connectivity index (χ3n) is 7.59. The van der Waals surface area contributed by atoms with Gasteiger partial charge in [0.25, 0.3) is 0 Å². The molecule has 0 fully saturated rings. The molecule has 242 valence electrons. The molecular formula is C36H50O8. The second-order valence-electron chi connectivity index (χ2n) is 12.8. The molecule has 0 aliphatic carbocycles. The number of carbonyl (C=O) groups excluding carboxylic acids is 4. The number of benzene rings is 2. The zero-order valence-electron chi connectivity index (χ0n) is 28.0. The molecule has 0 N–H and O–H groups in total. The Kier molecular flexibility index (Phi) is 13.2. The van der Waals surface area contributed by atoms with Gasteiger partial charge < -0.3 is 18.9 Å². The second kappa shape index (κ2) is 15.9. The van der Waals surface area contributed by atoms with E-state index in [2.05, 4.69) is 41.5 Å². The summed E-state index contributed by atoms with van der Waals surface area (Å²) >= 11 is 0. The lowest BCUT2D eigenvalue weighted by molar-refractivity contribution is -0.169. The van der Waals surface area contributed by atoms with E-state index in [0.717, 1.165) is 11.1 Å². The van der Waals surface area contributed by atoms with E-state index >= 15 is 0 Å². The molecule has 0 aromatic heterocycles. The van der Waals surface area contributed by atoms with Gasteiger partial charge in [-0.2, -0.15) is 0 Å². The molecule has 8 heteroatoms. The number of carbonyl (C=O) groups is 4. The summed E-state index contributed by atoms with van der Waals surface area (Å²) in [4.78, 5) is 54.7. The van der Waals surface area contributed by atoms with Crippen molar-refractivity contribution in [1.82, 2.24) is 0 Å². The van der Waals surface area contributed by atoms with Gasteiger partial charge in [0.05, 0.1) is 26.4 Å². The minimum absolute atomic E-state index is 0.0224. The van der Waals surface area contributed by atoms with Crippen molar-refractivity contribution < 1.29 is 38.1 Å². The minimum Gasteiger partial charge on any atom is -0.465 e. The Balaban J connectivity index is 3.05. The highest BCUT2D eigenvalue weighted by Gasteiger charge is 2.50. The molecule has 0 saturated carbocycles. The van der Waals surface area contributed by atoms with E-state index in [0.29, 0.717) is 11.1 Å². The Labute approximate surface area is 262 Å². The van der Waals surface area contributed by atoms with Crippen LogP contribution in [-0.4, -0.2) is 50.3 Å². The van der Waals surface area contributed by atoms with Crippen molar-refractivity contribution in [2.45, 2.75) is 91.9 Å². The first-order chi connectivity index (χ1) is 20.6. The van der Waals surface area contributed by atoms with Crippen molar-refractivity contribution in [2.75, 3.05) is 26.4 Å². The van der Waals surface area contributed by atoms with E-state index in [1.54, 1.807) is 27.7 Å². The molecule has 0 radical (unpaired) electrons. The molecule has 0 spiro atoms. The van der Waals surface area contributed by atoms with Gasteiger partial charge in [0.15, 0.2) is 11.8 Å². The summed E-state index contributed by atoms with van der Waals surface area (Å²) in [5.74, 6) is -8.32. The topological polar surface area (TPSA) is 105 Å². The number of hydrogen-bond donors (Lipinski definition) is 0. The van der Waals surface area contributed by atoms with Crippen LogP contribution >= 0.6 is 0 Å². The normalized spacial score (nSPS) is 13.3. The predicted molar refractivity (Wildman–Crippen MR) is 169 cm³/mol. The van der Waals surface area contributed by atoms with Crippen molar-refractivity contribution in [3.63, 3.8) is 0 Å². The average Bonchev–Trinajstić information content (AvgIpc) is 2.94. The lowest BCUT2D eigenvalue weighted by Crippen LogP contribution is -2.42. The van der Waals surface area contributed by atoms with Gasteiger partial charge in [0.2, 0.25) is 0 Å². The summed E-state index contributed by atoms with van der Waals surface area (Å²) in [6.07, 6.45) is 0. The number of rotatable bonds is 13. The molecule has 0 amide bonds. The molecule has 0 aliphatic rings. The lowest BCUT2D eigenvalue weighted by atomic mass is 9.67. The molecule has 0 saturated heterocycles. The predicted octanol–water partition coefficient (Wildman–Crippen LogP) is 6.63. The fraction of sp³-hybridized carbons (Fsp3) is 0.556. The van der Waals surface area contributed by atoms with Crippen LogP contribution in [0, 0.1) is 11.8 Å². The van der Waals surface area contributed by atoms with Crippen LogP contribution in [0.1, 0.15) is 103 Å². The molecule has 0 aliphatic heterocycles. The third-order valence-corrected chi connectivity index (χ3v) is 7.59. The molecule has 2 aromatic rings. The van der Waals surface area contributed by atoms with Gasteiger partial charge in [-0.3, -0.25) is 19.2 Å². The quantitative estimate of drug-likeness (QED) is 0.141. The highest BCUT2D eigenvalue weighted by Crippen LogP contribution is 2.46. The first-order valence-corrected chi connectivity index (χ1v) is 15.5. The molecule has 0 bridgehead atoms. The van der Waals surface area contributed by atoms with E-state index in [4.69, 9.17) is 18.9 Å². The summed E-state index contributed by atoms with van der Waals surface area (Å²) < 4.78 is 21.7. The number of ether oxygens (including phenoxy) is 4. The van der Waals surface area contributed by atoms with Crippen LogP contribution in [0.4, 0.5) is 0 Å². The standard InChI is InChI=1S/C36H50O8/c1-11-41-31(37)29(32(38)42-12-2)27(23-15-19-25(20-16-23)35(5,6)7)28(24-17-21-26(22-18-24)36(8,9)10)30(33(39)43-13-3)34(40)44-14-4/h15-22,27-30H,11-14H2,1-10H3/t27-,28-/m1/s1. The fourth-order valence-electron chi connectivity index (χ4n) is 5.33. The van der Waals surface area contributed by atoms with Gasteiger partial charge in [-0.15, -0.1) is 0 Å². The van der Waals surface area contributed by atoms with Crippen LogP contribution in [0.25, 0.3) is 0 Å². The summed E-state index contributed by atoms with van der Waals surface area (Å²) in [7, 11) is 0. The van der Waals surface area contributed by atoms with Crippen molar-refractivity contribution >= 4 is 23.9 Å². The van der Waals surface area contributed by atoms with Gasteiger partial charge in [-0.25, -0.2) is 0 Å². The van der Waals surface area contributed by atoms with Crippen molar-refractivity contribution in [2.24, 2.45) is 11.8 Å². The molecule has 0 heterocycles. The average molecular weight is 611 g/mol. The second-order valence-corrected chi connectivity index (χ2v) is 12.8. The van der Waals surface area contributed by atoms with E-state index in [1.807, 2.05) is 48.5 Å². The Morgan fingerprint density at radius 2 is 0.705 bits per heavy atom. The van der Waals surface area contributed by atoms with Crippen LogP contribution in [0.3, 0.4) is 0 Å². The highest BCUT2D eigenvalue weighted by atomic mass is 16.6. The maximum Gasteiger partial charge on any atom is 0.320 e. The molecule has 44 heavy (non-hydrogen) atoms. The number of hydrogen-bond acceptors (Lipinski definition) is 8.